The number of fused-ring (bicyclic) bond motifs is 1. The lowest BCUT2D eigenvalue weighted by Gasteiger charge is -2.54. The van der Waals surface area contributed by atoms with Gasteiger partial charge in [0.2, 0.25) is 0 Å². The van der Waals surface area contributed by atoms with Crippen LogP contribution in [0.1, 0.15) is 44.9 Å². The van der Waals surface area contributed by atoms with Crippen LogP contribution in [-0.2, 0) is 4.79 Å². The number of carboxylic acids is 1. The van der Waals surface area contributed by atoms with Crippen molar-refractivity contribution >= 4 is 5.97 Å². The Bertz CT molecular complexity index is 254. The Labute approximate surface area is 91.0 Å². The van der Waals surface area contributed by atoms with E-state index in [0.717, 1.165) is 12.3 Å². The van der Waals surface area contributed by atoms with E-state index in [4.69, 9.17) is 10.8 Å². The van der Waals surface area contributed by atoms with Gasteiger partial charge in [0.1, 0.15) is 0 Å². The monoisotopic (exact) mass is 211 g/mol. The standard InChI is InChI=1S/C12H21NO2/c13-8-12(7-11(14)15)6-9-4-2-1-3-5-10(9)12/h9-10H,1-8,13H2,(H,14,15)/t9-,10+,12-/m0/s1. The zero-order valence-corrected chi connectivity index (χ0v) is 9.24. The average Bonchev–Trinajstić information content (AvgIpc) is 2.36. The van der Waals surface area contributed by atoms with E-state index in [1.165, 1.54) is 32.1 Å². The van der Waals surface area contributed by atoms with E-state index in [9.17, 15) is 4.79 Å². The predicted octanol–water partition coefficient (Wildman–Crippen LogP) is 2.01. The van der Waals surface area contributed by atoms with E-state index in [1.54, 1.807) is 0 Å². The summed E-state index contributed by atoms with van der Waals surface area (Å²) in [5, 5.41) is 8.95. The van der Waals surface area contributed by atoms with Crippen LogP contribution in [0.25, 0.3) is 0 Å². The van der Waals surface area contributed by atoms with Gasteiger partial charge in [-0.1, -0.05) is 25.7 Å². The smallest absolute Gasteiger partial charge is 0.303 e. The molecule has 2 rings (SSSR count). The first-order valence-corrected chi connectivity index (χ1v) is 6.10. The average molecular weight is 211 g/mol. The van der Waals surface area contributed by atoms with Gasteiger partial charge in [0.05, 0.1) is 6.42 Å². The lowest BCUT2D eigenvalue weighted by atomic mass is 9.51. The SMILES string of the molecule is NC[C@@]1(CC(=O)O)C[C@@H]2CCCCC[C@H]21. The van der Waals surface area contributed by atoms with Crippen LogP contribution in [0.15, 0.2) is 0 Å². The molecule has 0 aromatic heterocycles. The van der Waals surface area contributed by atoms with E-state index < -0.39 is 5.97 Å². The zero-order chi connectivity index (χ0) is 10.9. The molecule has 2 fully saturated rings. The first-order valence-electron chi connectivity index (χ1n) is 6.10. The van der Waals surface area contributed by atoms with Gasteiger partial charge >= 0.3 is 5.97 Å². The van der Waals surface area contributed by atoms with E-state index in [-0.39, 0.29) is 11.8 Å². The first kappa shape index (κ1) is 10.9. The molecule has 15 heavy (non-hydrogen) atoms. The summed E-state index contributed by atoms with van der Waals surface area (Å²) in [7, 11) is 0. The Morgan fingerprint density at radius 2 is 2.07 bits per heavy atom. The van der Waals surface area contributed by atoms with Gasteiger partial charge in [-0.25, -0.2) is 0 Å². The summed E-state index contributed by atoms with van der Waals surface area (Å²) in [5.74, 6) is 0.694. The molecule has 3 N–H and O–H groups in total. The highest BCUT2D eigenvalue weighted by Gasteiger charge is 2.53. The highest BCUT2D eigenvalue weighted by molar-refractivity contribution is 5.68. The first-order chi connectivity index (χ1) is 7.18. The van der Waals surface area contributed by atoms with E-state index in [0.29, 0.717) is 12.5 Å². The van der Waals surface area contributed by atoms with Crippen LogP contribution in [0.4, 0.5) is 0 Å². The minimum atomic E-state index is -0.678. The van der Waals surface area contributed by atoms with Gasteiger partial charge in [-0.3, -0.25) is 4.79 Å². The van der Waals surface area contributed by atoms with Crippen molar-refractivity contribution in [1.82, 2.24) is 0 Å². The van der Waals surface area contributed by atoms with Gasteiger partial charge in [0.25, 0.3) is 0 Å². The Balaban J connectivity index is 2.05. The molecular weight excluding hydrogens is 190 g/mol. The van der Waals surface area contributed by atoms with Crippen molar-refractivity contribution in [2.24, 2.45) is 23.0 Å². The lowest BCUT2D eigenvalue weighted by molar-refractivity contribution is -0.146. The summed E-state index contributed by atoms with van der Waals surface area (Å²) in [6.07, 6.45) is 7.75. The topological polar surface area (TPSA) is 63.3 Å². The molecule has 3 heteroatoms. The molecule has 2 aliphatic rings. The van der Waals surface area contributed by atoms with Crippen molar-refractivity contribution in [3.05, 3.63) is 0 Å². The fourth-order valence-electron chi connectivity index (χ4n) is 3.76. The van der Waals surface area contributed by atoms with Crippen LogP contribution in [0.5, 0.6) is 0 Å². The molecule has 0 aromatic carbocycles. The molecule has 0 spiro atoms. The number of rotatable bonds is 3. The van der Waals surface area contributed by atoms with E-state index in [1.807, 2.05) is 0 Å². The fourth-order valence-corrected chi connectivity index (χ4v) is 3.76. The van der Waals surface area contributed by atoms with Crippen molar-refractivity contribution < 1.29 is 9.90 Å². The highest BCUT2D eigenvalue weighted by atomic mass is 16.4. The molecule has 2 aliphatic carbocycles. The summed E-state index contributed by atoms with van der Waals surface area (Å²) in [4.78, 5) is 10.9. The third-order valence-electron chi connectivity index (χ3n) is 4.52. The molecule has 0 aromatic rings. The molecule has 0 radical (unpaired) electrons. The van der Waals surface area contributed by atoms with Gasteiger partial charge in [-0.15, -0.1) is 0 Å². The van der Waals surface area contributed by atoms with Crippen LogP contribution in [0.3, 0.4) is 0 Å². The highest BCUT2D eigenvalue weighted by Crippen LogP contribution is 2.57. The van der Waals surface area contributed by atoms with Gasteiger partial charge in [0, 0.05) is 0 Å². The maximum Gasteiger partial charge on any atom is 0.303 e. The summed E-state index contributed by atoms with van der Waals surface area (Å²) < 4.78 is 0. The second-order valence-corrected chi connectivity index (χ2v) is 5.35. The number of aliphatic carboxylic acids is 1. The summed E-state index contributed by atoms with van der Waals surface area (Å²) in [5.41, 5.74) is 5.76. The molecule has 3 atom stereocenters. The maximum atomic E-state index is 10.9. The van der Waals surface area contributed by atoms with Gasteiger partial charge < -0.3 is 10.8 Å². The normalized spacial score (nSPS) is 40.1. The lowest BCUT2D eigenvalue weighted by Crippen LogP contribution is -2.53. The number of hydrogen-bond donors (Lipinski definition) is 2. The van der Waals surface area contributed by atoms with Crippen molar-refractivity contribution in [1.29, 1.82) is 0 Å². The summed E-state index contributed by atoms with van der Waals surface area (Å²) >= 11 is 0. The van der Waals surface area contributed by atoms with Crippen LogP contribution in [0.2, 0.25) is 0 Å². The number of carboxylic acid groups (broad SMARTS) is 1. The predicted molar refractivity (Wildman–Crippen MR) is 58.4 cm³/mol. The van der Waals surface area contributed by atoms with Crippen LogP contribution >= 0.6 is 0 Å². The van der Waals surface area contributed by atoms with Crippen LogP contribution in [0, 0.1) is 17.3 Å². The molecule has 86 valence electrons. The van der Waals surface area contributed by atoms with Gasteiger partial charge in [-0.2, -0.15) is 0 Å². The number of hydrogen-bond acceptors (Lipinski definition) is 2. The Morgan fingerprint density at radius 3 is 2.73 bits per heavy atom. The minimum absolute atomic E-state index is 0.0547. The Hall–Kier alpha value is -0.570. The second-order valence-electron chi connectivity index (χ2n) is 5.35. The molecule has 0 heterocycles. The third kappa shape index (κ3) is 1.89. The zero-order valence-electron chi connectivity index (χ0n) is 9.24. The number of carbonyl (C=O) groups is 1. The summed E-state index contributed by atoms with van der Waals surface area (Å²) in [6.45, 7) is 0.556. The second kappa shape index (κ2) is 4.12. The molecule has 3 nitrogen and oxygen atoms in total. The Kier molecular flexibility index (Phi) is 3.01. The van der Waals surface area contributed by atoms with Crippen molar-refractivity contribution in [2.75, 3.05) is 6.54 Å². The van der Waals surface area contributed by atoms with Gasteiger partial charge in [0.15, 0.2) is 0 Å². The molecule has 2 saturated carbocycles. The molecule has 0 aliphatic heterocycles. The molecular formula is C12H21NO2. The fraction of sp³-hybridized carbons (Fsp3) is 0.917. The maximum absolute atomic E-state index is 10.9. The Morgan fingerprint density at radius 1 is 1.33 bits per heavy atom. The summed E-state index contributed by atoms with van der Waals surface area (Å²) in [6, 6.07) is 0. The minimum Gasteiger partial charge on any atom is -0.481 e. The molecule has 0 amide bonds. The largest absolute Gasteiger partial charge is 0.481 e. The van der Waals surface area contributed by atoms with Crippen molar-refractivity contribution in [3.63, 3.8) is 0 Å². The molecule has 0 unspecified atom stereocenters. The number of nitrogens with two attached hydrogens (primary N) is 1. The quantitative estimate of drug-likeness (QED) is 0.750. The van der Waals surface area contributed by atoms with Crippen molar-refractivity contribution in [3.8, 4) is 0 Å². The van der Waals surface area contributed by atoms with Gasteiger partial charge in [-0.05, 0) is 36.6 Å². The van der Waals surface area contributed by atoms with E-state index in [2.05, 4.69) is 0 Å². The van der Waals surface area contributed by atoms with Crippen LogP contribution in [-0.4, -0.2) is 17.6 Å². The van der Waals surface area contributed by atoms with Crippen molar-refractivity contribution in [2.45, 2.75) is 44.9 Å². The van der Waals surface area contributed by atoms with E-state index >= 15 is 0 Å². The third-order valence-corrected chi connectivity index (χ3v) is 4.52. The molecule has 0 saturated heterocycles. The van der Waals surface area contributed by atoms with Crippen LogP contribution < -0.4 is 5.73 Å². The molecule has 0 bridgehead atoms.